The Morgan fingerprint density at radius 1 is 1.38 bits per heavy atom. The lowest BCUT2D eigenvalue weighted by molar-refractivity contribution is -0.115. The third kappa shape index (κ3) is 5.15. The van der Waals surface area contributed by atoms with E-state index in [2.05, 4.69) is 10.5 Å². The van der Waals surface area contributed by atoms with E-state index in [9.17, 15) is 4.79 Å². The van der Waals surface area contributed by atoms with Gasteiger partial charge in [0, 0.05) is 23.1 Å². The lowest BCUT2D eigenvalue weighted by Gasteiger charge is -2.05. The number of benzene rings is 1. The van der Waals surface area contributed by atoms with Gasteiger partial charge in [0.25, 0.3) is 0 Å². The minimum absolute atomic E-state index is 0.0678. The zero-order valence-corrected chi connectivity index (χ0v) is 12.9. The number of anilines is 1. The molecule has 1 aromatic heterocycles. The molecule has 0 atom stereocenters. The van der Waals surface area contributed by atoms with E-state index in [4.69, 9.17) is 9.26 Å². The Balaban J connectivity index is 1.72. The molecule has 1 heterocycles. The molecule has 0 unspecified atom stereocenters. The van der Waals surface area contributed by atoms with E-state index < -0.39 is 0 Å². The number of thioether (sulfide) groups is 1. The second-order valence-corrected chi connectivity index (χ2v) is 5.54. The molecular weight excluding hydrogens is 288 g/mol. The Labute approximate surface area is 128 Å². The number of carbonyl (C=O) groups excluding carboxylic acids is 1. The molecule has 1 N–H and O–H groups in total. The molecule has 0 spiro atoms. The number of amides is 1. The summed E-state index contributed by atoms with van der Waals surface area (Å²) in [5.74, 6) is 2.64. The molecule has 112 valence electrons. The molecule has 6 heteroatoms. The highest BCUT2D eigenvalue weighted by molar-refractivity contribution is 7.99. The van der Waals surface area contributed by atoms with Gasteiger partial charge < -0.3 is 14.6 Å². The zero-order valence-electron chi connectivity index (χ0n) is 12.1. The van der Waals surface area contributed by atoms with Crippen LogP contribution < -0.4 is 10.1 Å². The van der Waals surface area contributed by atoms with Crippen LogP contribution in [0.4, 0.5) is 5.82 Å². The SMILES string of the molecule is CCOc1ccc(SCCC(=O)Nc2cc(C)on2)cc1. The summed E-state index contributed by atoms with van der Waals surface area (Å²) in [4.78, 5) is 12.8. The average molecular weight is 306 g/mol. The summed E-state index contributed by atoms with van der Waals surface area (Å²) in [5.41, 5.74) is 0. The first-order valence-corrected chi connectivity index (χ1v) is 7.75. The summed E-state index contributed by atoms with van der Waals surface area (Å²) in [7, 11) is 0. The largest absolute Gasteiger partial charge is 0.494 e. The molecule has 1 amide bonds. The average Bonchev–Trinajstić information content (AvgIpc) is 2.86. The molecule has 0 aliphatic rings. The van der Waals surface area contributed by atoms with Crippen molar-refractivity contribution in [1.82, 2.24) is 5.16 Å². The van der Waals surface area contributed by atoms with Gasteiger partial charge in [0.2, 0.25) is 5.91 Å². The van der Waals surface area contributed by atoms with Crippen molar-refractivity contribution in [3.8, 4) is 5.75 Å². The third-order valence-corrected chi connectivity index (χ3v) is 3.64. The van der Waals surface area contributed by atoms with Crippen molar-refractivity contribution < 1.29 is 14.1 Å². The van der Waals surface area contributed by atoms with Gasteiger partial charge in [-0.05, 0) is 38.1 Å². The quantitative estimate of drug-likeness (QED) is 0.793. The summed E-state index contributed by atoms with van der Waals surface area (Å²) in [6.45, 7) is 4.40. The van der Waals surface area contributed by atoms with E-state index in [1.54, 1.807) is 24.8 Å². The van der Waals surface area contributed by atoms with Crippen molar-refractivity contribution in [1.29, 1.82) is 0 Å². The number of hydrogen-bond donors (Lipinski definition) is 1. The fraction of sp³-hybridized carbons (Fsp3) is 0.333. The van der Waals surface area contributed by atoms with Crippen LogP contribution in [0.25, 0.3) is 0 Å². The first-order valence-electron chi connectivity index (χ1n) is 6.76. The molecule has 5 nitrogen and oxygen atoms in total. The topological polar surface area (TPSA) is 64.4 Å². The van der Waals surface area contributed by atoms with Crippen molar-refractivity contribution in [3.63, 3.8) is 0 Å². The van der Waals surface area contributed by atoms with E-state index >= 15 is 0 Å². The Morgan fingerprint density at radius 2 is 2.14 bits per heavy atom. The van der Waals surface area contributed by atoms with Crippen LogP contribution in [0.2, 0.25) is 0 Å². The fourth-order valence-corrected chi connectivity index (χ4v) is 2.54. The standard InChI is InChI=1S/C15H18N2O3S/c1-3-19-12-4-6-13(7-5-12)21-9-8-15(18)16-14-10-11(2)20-17-14/h4-7,10H,3,8-9H2,1-2H3,(H,16,17,18). The van der Waals surface area contributed by atoms with Crippen molar-refractivity contribution in [3.05, 3.63) is 36.1 Å². The second-order valence-electron chi connectivity index (χ2n) is 4.37. The van der Waals surface area contributed by atoms with Crippen LogP contribution in [-0.4, -0.2) is 23.4 Å². The van der Waals surface area contributed by atoms with Crippen LogP contribution >= 0.6 is 11.8 Å². The van der Waals surface area contributed by atoms with Gasteiger partial charge in [0.15, 0.2) is 5.82 Å². The zero-order chi connectivity index (χ0) is 15.1. The van der Waals surface area contributed by atoms with Crippen molar-refractivity contribution in [2.75, 3.05) is 17.7 Å². The Kier molecular flexibility index (Phi) is 5.68. The van der Waals surface area contributed by atoms with Crippen LogP contribution in [-0.2, 0) is 4.79 Å². The van der Waals surface area contributed by atoms with Crippen LogP contribution in [0.5, 0.6) is 5.75 Å². The molecule has 21 heavy (non-hydrogen) atoms. The number of aromatic nitrogens is 1. The van der Waals surface area contributed by atoms with E-state index in [-0.39, 0.29) is 5.91 Å². The molecule has 0 saturated carbocycles. The highest BCUT2D eigenvalue weighted by Gasteiger charge is 2.06. The van der Waals surface area contributed by atoms with Gasteiger partial charge in [-0.25, -0.2) is 0 Å². The van der Waals surface area contributed by atoms with Crippen LogP contribution in [0.1, 0.15) is 19.1 Å². The van der Waals surface area contributed by atoms with Gasteiger partial charge in [-0.2, -0.15) is 0 Å². The minimum Gasteiger partial charge on any atom is -0.494 e. The molecule has 2 rings (SSSR count). The third-order valence-electron chi connectivity index (χ3n) is 2.63. The first-order chi connectivity index (χ1) is 10.2. The van der Waals surface area contributed by atoms with Crippen LogP contribution in [0.3, 0.4) is 0 Å². The Hall–Kier alpha value is -1.95. The molecule has 0 fully saturated rings. The summed E-state index contributed by atoms with van der Waals surface area (Å²) in [6.07, 6.45) is 0.420. The van der Waals surface area contributed by atoms with E-state index in [1.807, 2.05) is 31.2 Å². The van der Waals surface area contributed by atoms with Crippen LogP contribution in [0.15, 0.2) is 39.8 Å². The number of nitrogens with zero attached hydrogens (tertiary/aromatic N) is 1. The number of aryl methyl sites for hydroxylation is 1. The maximum Gasteiger partial charge on any atom is 0.226 e. The number of nitrogens with one attached hydrogen (secondary N) is 1. The predicted molar refractivity (Wildman–Crippen MR) is 82.8 cm³/mol. The summed E-state index contributed by atoms with van der Waals surface area (Å²) in [5, 5.41) is 6.42. The van der Waals surface area contributed by atoms with Crippen molar-refractivity contribution in [2.45, 2.75) is 25.2 Å². The van der Waals surface area contributed by atoms with Gasteiger partial charge in [-0.1, -0.05) is 5.16 Å². The molecule has 0 saturated heterocycles. The summed E-state index contributed by atoms with van der Waals surface area (Å²) in [6, 6.07) is 9.55. The lowest BCUT2D eigenvalue weighted by atomic mass is 10.3. The number of rotatable bonds is 7. The van der Waals surface area contributed by atoms with E-state index in [0.717, 1.165) is 10.6 Å². The van der Waals surface area contributed by atoms with Gasteiger partial charge in [0.05, 0.1) is 6.61 Å². The van der Waals surface area contributed by atoms with E-state index in [1.165, 1.54) is 0 Å². The highest BCUT2D eigenvalue weighted by atomic mass is 32.2. The molecule has 0 aliphatic heterocycles. The molecule has 1 aromatic carbocycles. The highest BCUT2D eigenvalue weighted by Crippen LogP contribution is 2.22. The Bertz CT molecular complexity index is 581. The maximum absolute atomic E-state index is 11.7. The maximum atomic E-state index is 11.7. The van der Waals surface area contributed by atoms with Gasteiger partial charge in [-0.15, -0.1) is 11.8 Å². The molecular formula is C15H18N2O3S. The Morgan fingerprint density at radius 3 is 2.76 bits per heavy atom. The number of ether oxygens (including phenoxy) is 1. The molecule has 0 radical (unpaired) electrons. The van der Waals surface area contributed by atoms with Gasteiger partial charge in [0.1, 0.15) is 11.5 Å². The fourth-order valence-electron chi connectivity index (χ4n) is 1.69. The second kappa shape index (κ2) is 7.73. The van der Waals surface area contributed by atoms with Crippen molar-refractivity contribution >= 4 is 23.5 Å². The number of carbonyl (C=O) groups is 1. The number of hydrogen-bond acceptors (Lipinski definition) is 5. The molecule has 0 bridgehead atoms. The van der Waals surface area contributed by atoms with E-state index in [0.29, 0.717) is 30.4 Å². The minimum atomic E-state index is -0.0678. The summed E-state index contributed by atoms with van der Waals surface area (Å²) < 4.78 is 10.3. The smallest absolute Gasteiger partial charge is 0.226 e. The van der Waals surface area contributed by atoms with Gasteiger partial charge in [-0.3, -0.25) is 4.79 Å². The monoisotopic (exact) mass is 306 g/mol. The molecule has 2 aromatic rings. The lowest BCUT2D eigenvalue weighted by Crippen LogP contribution is -2.12. The van der Waals surface area contributed by atoms with Gasteiger partial charge >= 0.3 is 0 Å². The first kappa shape index (κ1) is 15.4. The summed E-state index contributed by atoms with van der Waals surface area (Å²) >= 11 is 1.63. The normalized spacial score (nSPS) is 10.4. The molecule has 0 aliphatic carbocycles. The van der Waals surface area contributed by atoms with Crippen molar-refractivity contribution in [2.24, 2.45) is 0 Å². The van der Waals surface area contributed by atoms with Crippen LogP contribution in [0, 0.1) is 6.92 Å². The predicted octanol–water partition coefficient (Wildman–Crippen LogP) is 3.50.